The molecule has 0 N–H and O–H groups in total. The molecule has 1 heteroatoms. The first-order valence-electron chi connectivity index (χ1n) is 23.0. The zero-order valence-corrected chi connectivity index (χ0v) is 37.7. The van der Waals surface area contributed by atoms with E-state index in [1.54, 1.807) is 0 Å². The lowest BCUT2D eigenvalue weighted by atomic mass is 9.79. The summed E-state index contributed by atoms with van der Waals surface area (Å²) in [5, 5.41) is 13.1. The summed E-state index contributed by atoms with van der Waals surface area (Å²) in [6, 6.07) is 73.8. The van der Waals surface area contributed by atoms with Crippen LogP contribution in [0.1, 0.15) is 49.9 Å². The van der Waals surface area contributed by atoms with Crippen molar-refractivity contribution in [3.05, 3.63) is 216 Å². The van der Waals surface area contributed by atoms with Crippen molar-refractivity contribution in [3.8, 4) is 55.6 Å². The molecule has 0 fully saturated rings. The Bertz CT molecular complexity index is 4000. The lowest BCUT2D eigenvalue weighted by Crippen LogP contribution is -2.15. The highest BCUT2D eigenvalue weighted by Crippen LogP contribution is 2.55. The van der Waals surface area contributed by atoms with Gasteiger partial charge in [0.05, 0.1) is 0 Å². The molecule has 0 atom stereocenters. The summed E-state index contributed by atoms with van der Waals surface area (Å²) in [5.41, 5.74) is 18.5. The van der Waals surface area contributed by atoms with E-state index in [2.05, 4.69) is 222 Å². The Morgan fingerprint density at radius 1 is 0.277 bits per heavy atom. The molecule has 0 saturated heterocycles. The molecule has 306 valence electrons. The molecule has 0 saturated carbocycles. The quantitative estimate of drug-likeness (QED) is 0.155. The first-order chi connectivity index (χ1) is 31.7. The molecular formula is C64H44S. The smallest absolute Gasteiger partial charge is 0.0362 e. The normalized spacial score (nSPS) is 14.4. The fourth-order valence-electron chi connectivity index (χ4n) is 12.2. The number of thiophene rings is 1. The Hall–Kier alpha value is -7.32. The third-order valence-electron chi connectivity index (χ3n) is 15.4. The van der Waals surface area contributed by atoms with Gasteiger partial charge in [0.1, 0.15) is 0 Å². The SMILES string of the molecule is CC1(C)c2cc(-c3ccc4c(c3)C(C)(C)c3ccc5cc6c(cc5c3-4)sc3ccccc36)ccc2-c2ccc(-c3c4ccccc4c(-c4cccc5ccccc45)c4ccccc34)cc21. The van der Waals surface area contributed by atoms with Crippen molar-refractivity contribution in [1.82, 2.24) is 0 Å². The molecule has 0 amide bonds. The van der Waals surface area contributed by atoms with Gasteiger partial charge in [-0.2, -0.15) is 0 Å². The van der Waals surface area contributed by atoms with Crippen LogP contribution in [0.5, 0.6) is 0 Å². The van der Waals surface area contributed by atoms with Crippen molar-refractivity contribution < 1.29 is 0 Å². The van der Waals surface area contributed by atoms with E-state index in [0.29, 0.717) is 0 Å². The molecule has 1 heterocycles. The van der Waals surface area contributed by atoms with E-state index in [0.717, 1.165) is 0 Å². The summed E-state index contributed by atoms with van der Waals surface area (Å²) in [5.74, 6) is 0. The van der Waals surface area contributed by atoms with Gasteiger partial charge < -0.3 is 0 Å². The minimum absolute atomic E-state index is 0.117. The second-order valence-corrected chi connectivity index (χ2v) is 20.6. The van der Waals surface area contributed by atoms with Gasteiger partial charge in [-0.3, -0.25) is 0 Å². The van der Waals surface area contributed by atoms with Gasteiger partial charge in [-0.1, -0.05) is 185 Å². The van der Waals surface area contributed by atoms with Crippen LogP contribution in [0.25, 0.3) is 119 Å². The van der Waals surface area contributed by atoms with E-state index in [1.165, 1.54) is 141 Å². The van der Waals surface area contributed by atoms with Crippen LogP contribution in [-0.4, -0.2) is 0 Å². The molecule has 0 nitrogen and oxygen atoms in total. The van der Waals surface area contributed by atoms with Gasteiger partial charge in [0.25, 0.3) is 0 Å². The van der Waals surface area contributed by atoms with Crippen LogP contribution in [-0.2, 0) is 10.8 Å². The number of rotatable bonds is 3. The molecule has 1 aromatic heterocycles. The van der Waals surface area contributed by atoms with E-state index in [-0.39, 0.29) is 10.8 Å². The van der Waals surface area contributed by atoms with E-state index in [1.807, 2.05) is 11.3 Å². The summed E-state index contributed by atoms with van der Waals surface area (Å²) < 4.78 is 2.71. The molecule has 11 aromatic carbocycles. The van der Waals surface area contributed by atoms with Crippen LogP contribution in [0.15, 0.2) is 194 Å². The number of hydrogen-bond donors (Lipinski definition) is 0. The third kappa shape index (κ3) is 5.08. The van der Waals surface area contributed by atoms with E-state index < -0.39 is 0 Å². The largest absolute Gasteiger partial charge is 0.135 e. The molecule has 2 aliphatic rings. The van der Waals surface area contributed by atoms with Crippen molar-refractivity contribution in [2.24, 2.45) is 0 Å². The minimum atomic E-state index is -0.186. The topological polar surface area (TPSA) is 0 Å². The number of fused-ring (bicyclic) bond motifs is 14. The first-order valence-corrected chi connectivity index (χ1v) is 23.8. The van der Waals surface area contributed by atoms with Crippen molar-refractivity contribution in [2.75, 3.05) is 0 Å². The fourth-order valence-corrected chi connectivity index (χ4v) is 13.3. The molecular weight excluding hydrogens is 801 g/mol. The molecule has 0 aliphatic heterocycles. The minimum Gasteiger partial charge on any atom is -0.135 e. The maximum absolute atomic E-state index is 2.51. The Labute approximate surface area is 383 Å². The lowest BCUT2D eigenvalue weighted by Gasteiger charge is -2.24. The zero-order valence-electron chi connectivity index (χ0n) is 36.9. The molecule has 0 spiro atoms. The number of benzene rings is 11. The Kier molecular flexibility index (Phi) is 7.49. The van der Waals surface area contributed by atoms with Crippen LogP contribution in [0.3, 0.4) is 0 Å². The standard InChI is InChI=1S/C64H44S/c1-63(2)54-31-27-40-32-53-45-17-11-12-23-58(45)65-59(53)36-52(40)62(54)51-30-25-39(34-57(51)63)38-24-28-43-44-29-26-41(35-56(44)64(3,4)55(43)33-38)60-47-18-7-9-20-49(47)61(50-21-10-8-19-48(50)60)46-22-13-15-37-14-5-6-16-42(37)46/h5-36H,1-4H3. The van der Waals surface area contributed by atoms with Gasteiger partial charge in [-0.25, -0.2) is 0 Å². The maximum atomic E-state index is 2.51. The molecule has 12 aromatic rings. The van der Waals surface area contributed by atoms with E-state index >= 15 is 0 Å². The van der Waals surface area contributed by atoms with Crippen LogP contribution >= 0.6 is 11.3 Å². The third-order valence-corrected chi connectivity index (χ3v) is 16.6. The first kappa shape index (κ1) is 37.1. The fraction of sp³-hybridized carbons (Fsp3) is 0.0938. The molecule has 14 rings (SSSR count). The lowest BCUT2D eigenvalue weighted by molar-refractivity contribution is 0.660. The molecule has 0 unspecified atom stereocenters. The predicted molar refractivity (Wildman–Crippen MR) is 281 cm³/mol. The monoisotopic (exact) mass is 844 g/mol. The van der Waals surface area contributed by atoms with Gasteiger partial charge in [-0.05, 0) is 157 Å². The van der Waals surface area contributed by atoms with Gasteiger partial charge >= 0.3 is 0 Å². The molecule has 2 aliphatic carbocycles. The Morgan fingerprint density at radius 3 is 1.49 bits per heavy atom. The van der Waals surface area contributed by atoms with Gasteiger partial charge in [0.2, 0.25) is 0 Å². The predicted octanol–water partition coefficient (Wildman–Crippen LogP) is 18.3. The van der Waals surface area contributed by atoms with E-state index in [9.17, 15) is 0 Å². The van der Waals surface area contributed by atoms with Crippen molar-refractivity contribution in [2.45, 2.75) is 38.5 Å². The van der Waals surface area contributed by atoms with E-state index in [4.69, 9.17) is 0 Å². The molecule has 65 heavy (non-hydrogen) atoms. The van der Waals surface area contributed by atoms with Crippen molar-refractivity contribution in [3.63, 3.8) is 0 Å². The second kappa shape index (κ2) is 13.1. The van der Waals surface area contributed by atoms with Crippen LogP contribution in [0, 0.1) is 0 Å². The summed E-state index contributed by atoms with van der Waals surface area (Å²) >= 11 is 1.91. The van der Waals surface area contributed by atoms with Crippen LogP contribution in [0.4, 0.5) is 0 Å². The maximum Gasteiger partial charge on any atom is 0.0362 e. The van der Waals surface area contributed by atoms with Gasteiger partial charge in [-0.15, -0.1) is 11.3 Å². The number of hydrogen-bond acceptors (Lipinski definition) is 1. The van der Waals surface area contributed by atoms with Crippen molar-refractivity contribution in [1.29, 1.82) is 0 Å². The Balaban J connectivity index is 0.877. The zero-order chi connectivity index (χ0) is 43.3. The highest BCUT2D eigenvalue weighted by molar-refractivity contribution is 7.25. The summed E-state index contributed by atoms with van der Waals surface area (Å²) in [6.45, 7) is 9.67. The average molecular weight is 845 g/mol. The van der Waals surface area contributed by atoms with Gasteiger partial charge in [0, 0.05) is 31.0 Å². The average Bonchev–Trinajstić information content (AvgIpc) is 3.90. The summed E-state index contributed by atoms with van der Waals surface area (Å²) in [7, 11) is 0. The summed E-state index contributed by atoms with van der Waals surface area (Å²) in [6.07, 6.45) is 0. The second-order valence-electron chi connectivity index (χ2n) is 19.6. The van der Waals surface area contributed by atoms with Crippen LogP contribution < -0.4 is 0 Å². The van der Waals surface area contributed by atoms with Crippen molar-refractivity contribution >= 4 is 74.6 Å². The Morgan fingerprint density at radius 2 is 0.800 bits per heavy atom. The summed E-state index contributed by atoms with van der Waals surface area (Å²) in [4.78, 5) is 0. The van der Waals surface area contributed by atoms with Gasteiger partial charge in [0.15, 0.2) is 0 Å². The molecule has 0 radical (unpaired) electrons. The highest BCUT2D eigenvalue weighted by atomic mass is 32.1. The van der Waals surface area contributed by atoms with Crippen LogP contribution in [0.2, 0.25) is 0 Å². The highest BCUT2D eigenvalue weighted by Gasteiger charge is 2.38. The molecule has 0 bridgehead atoms.